The van der Waals surface area contributed by atoms with E-state index in [1.807, 2.05) is 31.3 Å². The Bertz CT molecular complexity index is 1030. The van der Waals surface area contributed by atoms with Crippen LogP contribution in [-0.4, -0.2) is 49.6 Å². The van der Waals surface area contributed by atoms with Gasteiger partial charge >= 0.3 is 5.91 Å². The van der Waals surface area contributed by atoms with Crippen molar-refractivity contribution in [1.29, 1.82) is 0 Å². The van der Waals surface area contributed by atoms with E-state index < -0.39 is 12.1 Å². The highest BCUT2D eigenvalue weighted by molar-refractivity contribution is 6.41. The molecule has 0 spiro atoms. The second-order valence-corrected chi connectivity index (χ2v) is 9.70. The number of anilines is 1. The summed E-state index contributed by atoms with van der Waals surface area (Å²) in [5.41, 5.74) is 5.01. The number of rotatable bonds is 5. The number of carbonyl (C=O) groups excluding carboxylic acids is 1. The molecular formula is C23H26Cl3IN4O2. The topological polar surface area (TPSA) is 53.9 Å². The van der Waals surface area contributed by atoms with Gasteiger partial charge in [-0.15, -0.1) is 0 Å². The third-order valence-electron chi connectivity index (χ3n) is 6.06. The van der Waals surface area contributed by atoms with Crippen molar-refractivity contribution in [2.24, 2.45) is 5.10 Å². The van der Waals surface area contributed by atoms with Crippen LogP contribution in [0.2, 0.25) is 15.1 Å². The van der Waals surface area contributed by atoms with Crippen molar-refractivity contribution < 1.29 is 38.1 Å². The summed E-state index contributed by atoms with van der Waals surface area (Å²) in [5, 5.41) is 8.04. The molecule has 2 aliphatic heterocycles. The number of methoxy groups -OCH3 is 1. The van der Waals surface area contributed by atoms with Gasteiger partial charge in [-0.25, -0.2) is 4.59 Å². The molecule has 1 amide bonds. The molecule has 2 aromatic rings. The molecule has 10 heteroatoms. The van der Waals surface area contributed by atoms with Gasteiger partial charge in [0.2, 0.25) is 0 Å². The fourth-order valence-corrected chi connectivity index (χ4v) is 5.02. The number of nitrogens with zero attached hydrogens (tertiary/aromatic N) is 3. The van der Waals surface area contributed by atoms with Crippen LogP contribution in [0.4, 0.5) is 5.69 Å². The molecule has 1 N–H and O–H groups in total. The molecule has 33 heavy (non-hydrogen) atoms. The zero-order chi connectivity index (χ0) is 22.9. The maximum atomic E-state index is 13.4. The minimum Gasteiger partial charge on any atom is -1.00 e. The standard InChI is InChI=1S/C23H25Cl3N4O2.HI/c1-30(12-4-3-5-13-30)28-23(31)20-22(32-2)21(15-6-8-16(24)9-7-15)29(27-20)19-11-10-17(25)14-18(19)26;/h6-11,14,21-22H,3-5,12-13H2,1-2H3;1H/t21-,22-;/m0./s1. The van der Waals surface area contributed by atoms with Gasteiger partial charge in [-0.05, 0) is 55.2 Å². The molecular weight excluding hydrogens is 598 g/mol. The number of hydrogen-bond acceptors (Lipinski definition) is 4. The predicted octanol–water partition coefficient (Wildman–Crippen LogP) is 2.24. The number of quaternary nitrogens is 1. The average molecular weight is 624 g/mol. The van der Waals surface area contributed by atoms with Crippen LogP contribution in [0.15, 0.2) is 47.6 Å². The Balaban J connectivity index is 0.00000306. The Labute approximate surface area is 226 Å². The molecule has 2 aliphatic rings. The van der Waals surface area contributed by atoms with Crippen molar-refractivity contribution >= 4 is 52.1 Å². The van der Waals surface area contributed by atoms with E-state index in [-0.39, 0.29) is 29.9 Å². The maximum absolute atomic E-state index is 13.4. The molecule has 1 fully saturated rings. The summed E-state index contributed by atoms with van der Waals surface area (Å²) in [6.07, 6.45) is 2.75. The predicted molar refractivity (Wildman–Crippen MR) is 129 cm³/mol. The first-order valence-corrected chi connectivity index (χ1v) is 11.7. The van der Waals surface area contributed by atoms with E-state index in [1.54, 1.807) is 30.3 Å². The van der Waals surface area contributed by atoms with Gasteiger partial charge in [0.15, 0.2) is 5.71 Å². The van der Waals surface area contributed by atoms with Crippen LogP contribution >= 0.6 is 34.8 Å². The summed E-state index contributed by atoms with van der Waals surface area (Å²) >= 11 is 18.7. The van der Waals surface area contributed by atoms with Crippen LogP contribution in [0.1, 0.15) is 30.9 Å². The van der Waals surface area contributed by atoms with Gasteiger partial charge in [-0.2, -0.15) is 10.5 Å². The van der Waals surface area contributed by atoms with Crippen LogP contribution in [0, 0.1) is 0 Å². The normalized spacial score (nSPS) is 21.8. The fourth-order valence-electron chi connectivity index (χ4n) is 4.40. The zero-order valence-electron chi connectivity index (χ0n) is 18.4. The highest BCUT2D eigenvalue weighted by Gasteiger charge is 2.44. The number of halogens is 4. The quantitative estimate of drug-likeness (QED) is 0.411. The van der Waals surface area contributed by atoms with Crippen molar-refractivity contribution in [3.63, 3.8) is 0 Å². The number of hydrazone groups is 1. The number of ether oxygens (including phenoxy) is 1. The van der Waals surface area contributed by atoms with Crippen LogP contribution in [0.3, 0.4) is 0 Å². The van der Waals surface area contributed by atoms with E-state index >= 15 is 0 Å². The van der Waals surface area contributed by atoms with Crippen LogP contribution in [0.5, 0.6) is 0 Å². The third-order valence-corrected chi connectivity index (χ3v) is 6.85. The monoisotopic (exact) mass is 622 g/mol. The van der Waals surface area contributed by atoms with Gasteiger partial charge in [0.1, 0.15) is 25.2 Å². The van der Waals surface area contributed by atoms with Gasteiger partial charge in [-0.1, -0.05) is 46.9 Å². The molecule has 0 aliphatic carbocycles. The number of likely N-dealkylation sites (tertiary alicyclic amines) is 1. The molecule has 0 aromatic heterocycles. The molecule has 1 saturated heterocycles. The molecule has 0 bridgehead atoms. The van der Waals surface area contributed by atoms with Gasteiger partial charge in [0, 0.05) is 17.2 Å². The molecule has 2 heterocycles. The van der Waals surface area contributed by atoms with E-state index in [0.29, 0.717) is 31.1 Å². The van der Waals surface area contributed by atoms with Crippen LogP contribution < -0.4 is 34.4 Å². The van der Waals surface area contributed by atoms with Gasteiger partial charge in [-0.3, -0.25) is 9.80 Å². The number of carbonyl (C=O) groups is 1. The van der Waals surface area contributed by atoms with E-state index in [4.69, 9.17) is 44.6 Å². The van der Waals surface area contributed by atoms with E-state index in [2.05, 4.69) is 5.43 Å². The Morgan fingerprint density at radius 3 is 2.30 bits per heavy atom. The SMILES string of the molecule is CO[C@H]1C(C(=O)N[N+]2(C)CCCCC2)=NN(c2ccc(Cl)cc2Cl)[C@H]1c1ccc(Cl)cc1.[I-]. The highest BCUT2D eigenvalue weighted by Crippen LogP contribution is 2.41. The summed E-state index contributed by atoms with van der Waals surface area (Å²) in [4.78, 5) is 13.4. The first kappa shape index (κ1) is 26.5. The summed E-state index contributed by atoms with van der Waals surface area (Å²) in [6.45, 7) is 1.79. The first-order valence-electron chi connectivity index (χ1n) is 10.6. The lowest BCUT2D eigenvalue weighted by molar-refractivity contribution is -0.947. The number of amides is 1. The van der Waals surface area contributed by atoms with Crippen LogP contribution in [-0.2, 0) is 9.53 Å². The summed E-state index contributed by atoms with van der Waals surface area (Å²) < 4.78 is 6.32. The second kappa shape index (κ2) is 11.1. The van der Waals surface area contributed by atoms with Crippen molar-refractivity contribution in [2.45, 2.75) is 31.4 Å². The molecule has 0 unspecified atom stereocenters. The second-order valence-electron chi connectivity index (χ2n) is 8.42. The van der Waals surface area contributed by atoms with Crippen molar-refractivity contribution in [3.05, 3.63) is 63.1 Å². The van der Waals surface area contributed by atoms with E-state index in [1.165, 1.54) is 6.42 Å². The lowest BCUT2D eigenvalue weighted by Gasteiger charge is -2.36. The minimum atomic E-state index is -0.598. The van der Waals surface area contributed by atoms with Crippen molar-refractivity contribution in [1.82, 2.24) is 5.43 Å². The zero-order valence-corrected chi connectivity index (χ0v) is 22.8. The number of hydrogen-bond donors (Lipinski definition) is 1. The maximum Gasteiger partial charge on any atom is 0.314 e. The van der Waals surface area contributed by atoms with Gasteiger partial charge < -0.3 is 28.7 Å². The Hall–Kier alpha value is -1.10. The first-order chi connectivity index (χ1) is 15.3. The summed E-state index contributed by atoms with van der Waals surface area (Å²) in [7, 11) is 3.62. The molecule has 0 radical (unpaired) electrons. The molecule has 6 nitrogen and oxygen atoms in total. The Morgan fingerprint density at radius 1 is 1.06 bits per heavy atom. The fraction of sp³-hybridized carbons (Fsp3) is 0.391. The number of benzene rings is 2. The smallest absolute Gasteiger partial charge is 0.314 e. The van der Waals surface area contributed by atoms with Crippen molar-refractivity contribution in [2.75, 3.05) is 32.3 Å². The average Bonchev–Trinajstić information content (AvgIpc) is 3.14. The third kappa shape index (κ3) is 5.77. The minimum absolute atomic E-state index is 0. The lowest BCUT2D eigenvalue weighted by Crippen LogP contribution is -3.00. The number of nitrogens with one attached hydrogen (secondary N) is 1. The van der Waals surface area contributed by atoms with E-state index in [9.17, 15) is 4.79 Å². The molecule has 178 valence electrons. The lowest BCUT2D eigenvalue weighted by atomic mass is 9.98. The Kier molecular flexibility index (Phi) is 8.91. The molecule has 2 aromatic carbocycles. The van der Waals surface area contributed by atoms with Gasteiger partial charge in [0.05, 0.1) is 17.8 Å². The molecule has 2 atom stereocenters. The van der Waals surface area contributed by atoms with Crippen molar-refractivity contribution in [3.8, 4) is 0 Å². The van der Waals surface area contributed by atoms with Gasteiger partial charge in [0.25, 0.3) is 0 Å². The number of piperidine rings is 1. The molecule has 0 saturated carbocycles. The van der Waals surface area contributed by atoms with Crippen LogP contribution in [0.25, 0.3) is 0 Å². The Morgan fingerprint density at radius 2 is 1.70 bits per heavy atom. The largest absolute Gasteiger partial charge is 1.00 e. The van der Waals surface area contributed by atoms with E-state index in [0.717, 1.165) is 31.5 Å². The highest BCUT2D eigenvalue weighted by atomic mass is 127. The molecule has 4 rings (SSSR count). The summed E-state index contributed by atoms with van der Waals surface area (Å²) in [5.74, 6) is -0.243. The summed E-state index contributed by atoms with van der Waals surface area (Å²) in [6, 6.07) is 12.2.